The summed E-state index contributed by atoms with van der Waals surface area (Å²) in [5, 5.41) is 18.1. The topological polar surface area (TPSA) is 56.7 Å². The smallest absolute Gasteiger partial charge is 0.191 e. The predicted octanol–water partition coefficient (Wildman–Crippen LogP) is 3.37. The molecule has 22 heavy (non-hydrogen) atoms. The third-order valence-corrected chi connectivity index (χ3v) is 3.85. The van der Waals surface area contributed by atoms with Gasteiger partial charge in [-0.2, -0.15) is 0 Å². The van der Waals surface area contributed by atoms with Gasteiger partial charge in [0.05, 0.1) is 6.54 Å². The fraction of sp³-hybridized carbons (Fsp3) is 0.312. The minimum absolute atomic E-state index is 0. The van der Waals surface area contributed by atoms with Crippen LogP contribution in [0.1, 0.15) is 17.4 Å². The molecule has 0 saturated carbocycles. The molecule has 4 nitrogen and oxygen atoms in total. The van der Waals surface area contributed by atoms with E-state index in [0.29, 0.717) is 6.54 Å². The molecule has 2 rings (SSSR count). The minimum Gasteiger partial charge on any atom is -0.508 e. The van der Waals surface area contributed by atoms with E-state index < -0.39 is 0 Å². The predicted molar refractivity (Wildman–Crippen MR) is 104 cm³/mol. The number of hydrogen-bond donors (Lipinski definition) is 3. The zero-order valence-corrected chi connectivity index (χ0v) is 15.7. The zero-order chi connectivity index (χ0) is 14.9. The van der Waals surface area contributed by atoms with E-state index in [9.17, 15) is 5.11 Å². The maximum absolute atomic E-state index is 9.45. The van der Waals surface area contributed by atoms with E-state index in [1.54, 1.807) is 23.5 Å². The molecular weight excluding hydrogens is 409 g/mol. The molecule has 0 bridgehead atoms. The maximum atomic E-state index is 9.45. The largest absolute Gasteiger partial charge is 0.508 e. The second kappa shape index (κ2) is 10.4. The second-order valence-electron chi connectivity index (χ2n) is 4.62. The van der Waals surface area contributed by atoms with Crippen molar-refractivity contribution < 1.29 is 5.11 Å². The van der Waals surface area contributed by atoms with E-state index in [-0.39, 0.29) is 29.7 Å². The first-order chi connectivity index (χ1) is 10.3. The third-order valence-electron chi connectivity index (χ3n) is 2.92. The minimum atomic E-state index is 0. The van der Waals surface area contributed by atoms with E-state index in [1.807, 2.05) is 19.1 Å². The van der Waals surface area contributed by atoms with Crippen LogP contribution in [-0.4, -0.2) is 24.2 Å². The Kier molecular flexibility index (Phi) is 8.91. The molecule has 0 fully saturated rings. The average Bonchev–Trinajstić information content (AvgIpc) is 2.98. The van der Waals surface area contributed by atoms with Crippen LogP contribution in [0.4, 0.5) is 0 Å². The number of aromatic hydroxyl groups is 1. The van der Waals surface area contributed by atoms with Crippen molar-refractivity contribution in [3.63, 3.8) is 0 Å². The van der Waals surface area contributed by atoms with Crippen molar-refractivity contribution in [2.45, 2.75) is 19.9 Å². The zero-order valence-electron chi connectivity index (χ0n) is 12.6. The molecule has 3 N–H and O–H groups in total. The van der Waals surface area contributed by atoms with Crippen LogP contribution < -0.4 is 10.6 Å². The van der Waals surface area contributed by atoms with Gasteiger partial charge in [0, 0.05) is 18.0 Å². The Balaban J connectivity index is 0.00000242. The number of halogens is 1. The Morgan fingerprint density at radius 3 is 2.77 bits per heavy atom. The number of phenolic OH excluding ortho intramolecular Hbond substituents is 1. The van der Waals surface area contributed by atoms with E-state index in [4.69, 9.17) is 0 Å². The van der Waals surface area contributed by atoms with Crippen molar-refractivity contribution in [1.29, 1.82) is 0 Å². The molecule has 1 heterocycles. The van der Waals surface area contributed by atoms with Gasteiger partial charge >= 0.3 is 0 Å². The van der Waals surface area contributed by atoms with Gasteiger partial charge in [0.15, 0.2) is 5.96 Å². The molecule has 0 aliphatic carbocycles. The number of rotatable bonds is 6. The summed E-state index contributed by atoms with van der Waals surface area (Å²) in [5.74, 6) is 1.08. The van der Waals surface area contributed by atoms with Gasteiger partial charge in [-0.25, -0.2) is 4.99 Å². The van der Waals surface area contributed by atoms with Crippen molar-refractivity contribution in [3.8, 4) is 5.75 Å². The molecule has 0 saturated heterocycles. The van der Waals surface area contributed by atoms with Gasteiger partial charge in [-0.15, -0.1) is 35.3 Å². The number of phenols is 1. The fourth-order valence-corrected chi connectivity index (χ4v) is 2.63. The second-order valence-corrected chi connectivity index (χ2v) is 5.65. The SMILES string of the molecule is CCNC(=NCc1cccc(O)c1)NCCc1cccs1.I. The molecule has 2 aromatic rings. The lowest BCUT2D eigenvalue weighted by molar-refractivity contribution is 0.474. The van der Waals surface area contributed by atoms with E-state index in [1.165, 1.54) is 4.88 Å². The van der Waals surface area contributed by atoms with Gasteiger partial charge < -0.3 is 15.7 Å². The van der Waals surface area contributed by atoms with E-state index in [0.717, 1.165) is 31.0 Å². The summed E-state index contributed by atoms with van der Waals surface area (Å²) in [7, 11) is 0. The Bertz CT molecular complexity index is 573. The Morgan fingerprint density at radius 2 is 2.09 bits per heavy atom. The molecule has 0 amide bonds. The number of thiophene rings is 1. The summed E-state index contributed by atoms with van der Waals surface area (Å²) < 4.78 is 0. The molecule has 0 spiro atoms. The van der Waals surface area contributed by atoms with Crippen LogP contribution in [0, 0.1) is 0 Å². The van der Waals surface area contributed by atoms with Crippen molar-refractivity contribution in [1.82, 2.24) is 10.6 Å². The number of guanidine groups is 1. The number of benzene rings is 1. The molecule has 0 unspecified atom stereocenters. The van der Waals surface area contributed by atoms with Crippen molar-refractivity contribution in [3.05, 3.63) is 52.2 Å². The van der Waals surface area contributed by atoms with Crippen LogP contribution in [0.15, 0.2) is 46.8 Å². The number of nitrogens with one attached hydrogen (secondary N) is 2. The lowest BCUT2D eigenvalue weighted by atomic mass is 10.2. The van der Waals surface area contributed by atoms with Crippen LogP contribution in [-0.2, 0) is 13.0 Å². The highest BCUT2D eigenvalue weighted by atomic mass is 127. The summed E-state index contributed by atoms with van der Waals surface area (Å²) in [6, 6.07) is 11.4. The Hall–Kier alpha value is -1.28. The average molecular weight is 431 g/mol. The monoisotopic (exact) mass is 431 g/mol. The van der Waals surface area contributed by atoms with Crippen LogP contribution >= 0.6 is 35.3 Å². The van der Waals surface area contributed by atoms with Crippen LogP contribution in [0.3, 0.4) is 0 Å². The van der Waals surface area contributed by atoms with Crippen molar-refractivity contribution in [2.75, 3.05) is 13.1 Å². The van der Waals surface area contributed by atoms with E-state index >= 15 is 0 Å². The van der Waals surface area contributed by atoms with E-state index in [2.05, 4.69) is 33.1 Å². The molecular formula is C16H22IN3OS. The highest BCUT2D eigenvalue weighted by Gasteiger charge is 1.99. The first-order valence-electron chi connectivity index (χ1n) is 7.10. The first kappa shape index (κ1) is 18.8. The molecule has 0 aliphatic rings. The summed E-state index contributed by atoms with van der Waals surface area (Å²) in [6.45, 7) is 4.27. The van der Waals surface area contributed by atoms with Crippen LogP contribution in [0.2, 0.25) is 0 Å². The Labute approximate surface area is 152 Å². The number of nitrogens with zero attached hydrogens (tertiary/aromatic N) is 1. The summed E-state index contributed by atoms with van der Waals surface area (Å²) in [4.78, 5) is 5.90. The van der Waals surface area contributed by atoms with Gasteiger partial charge in [-0.3, -0.25) is 0 Å². The maximum Gasteiger partial charge on any atom is 0.191 e. The normalized spacial score (nSPS) is 10.9. The van der Waals surface area contributed by atoms with Gasteiger partial charge in [-0.1, -0.05) is 18.2 Å². The molecule has 0 radical (unpaired) electrons. The van der Waals surface area contributed by atoms with Gasteiger partial charge in [0.25, 0.3) is 0 Å². The summed E-state index contributed by atoms with van der Waals surface area (Å²) in [6.07, 6.45) is 0.994. The molecule has 0 atom stereocenters. The molecule has 120 valence electrons. The lowest BCUT2D eigenvalue weighted by Crippen LogP contribution is -2.38. The van der Waals surface area contributed by atoms with Crippen LogP contribution in [0.5, 0.6) is 5.75 Å². The number of aliphatic imine (C=N–C) groups is 1. The summed E-state index contributed by atoms with van der Waals surface area (Å²) in [5.41, 5.74) is 0.991. The standard InChI is InChI=1S/C16H21N3OS.HI/c1-2-17-16(18-9-8-15-7-4-10-21-15)19-12-13-5-3-6-14(20)11-13;/h3-7,10-11,20H,2,8-9,12H2,1H3,(H2,17,18,19);1H. The Morgan fingerprint density at radius 1 is 1.23 bits per heavy atom. The highest BCUT2D eigenvalue weighted by molar-refractivity contribution is 14.0. The molecule has 0 aliphatic heterocycles. The summed E-state index contributed by atoms with van der Waals surface area (Å²) >= 11 is 1.77. The molecule has 1 aromatic carbocycles. The first-order valence-corrected chi connectivity index (χ1v) is 7.98. The highest BCUT2D eigenvalue weighted by Crippen LogP contribution is 2.11. The van der Waals surface area contributed by atoms with Crippen LogP contribution in [0.25, 0.3) is 0 Å². The van der Waals surface area contributed by atoms with Crippen molar-refractivity contribution >= 4 is 41.3 Å². The molecule has 6 heteroatoms. The third kappa shape index (κ3) is 6.65. The van der Waals surface area contributed by atoms with Gasteiger partial charge in [-0.05, 0) is 42.5 Å². The fourth-order valence-electron chi connectivity index (χ4n) is 1.93. The van der Waals surface area contributed by atoms with Gasteiger partial charge in [0.1, 0.15) is 5.75 Å². The quantitative estimate of drug-likeness (QED) is 0.374. The molecule has 1 aromatic heterocycles. The van der Waals surface area contributed by atoms with Gasteiger partial charge in [0.2, 0.25) is 0 Å². The number of hydrogen-bond acceptors (Lipinski definition) is 3. The lowest BCUT2D eigenvalue weighted by Gasteiger charge is -2.10. The van der Waals surface area contributed by atoms with Crippen molar-refractivity contribution in [2.24, 2.45) is 4.99 Å².